The molecule has 1 aliphatic rings. The number of amides is 2. The van der Waals surface area contributed by atoms with Gasteiger partial charge in [0.2, 0.25) is 0 Å². The van der Waals surface area contributed by atoms with Gasteiger partial charge in [-0.15, -0.1) is 0 Å². The molecule has 113 valence electrons. The Morgan fingerprint density at radius 2 is 1.62 bits per heavy atom. The number of carbonyl (C=O) groups is 2. The molecule has 0 unspecified atom stereocenters. The molecule has 0 atom stereocenters. The van der Waals surface area contributed by atoms with Gasteiger partial charge in [0, 0.05) is 0 Å². The van der Waals surface area contributed by atoms with E-state index in [1.54, 1.807) is 5.32 Å². The highest BCUT2D eigenvalue weighted by Crippen LogP contribution is 2.47. The predicted octanol–water partition coefficient (Wildman–Crippen LogP) is 3.04. The van der Waals surface area contributed by atoms with Gasteiger partial charge in [-0.2, -0.15) is 26.3 Å². The second-order valence-corrected chi connectivity index (χ2v) is 4.95. The van der Waals surface area contributed by atoms with Crippen molar-refractivity contribution in [2.24, 2.45) is 0 Å². The third-order valence-corrected chi connectivity index (χ3v) is 3.54. The maximum atomic E-state index is 12.9. The summed E-state index contributed by atoms with van der Waals surface area (Å²) >= 11 is 1.01. The average molecular weight is 423 g/mol. The van der Waals surface area contributed by atoms with Crippen LogP contribution in [0.5, 0.6) is 0 Å². The predicted molar refractivity (Wildman–Crippen MR) is 64.6 cm³/mol. The molecule has 0 aliphatic carbocycles. The largest absolute Gasteiger partial charge is 0.418 e. The van der Waals surface area contributed by atoms with E-state index in [4.69, 9.17) is 0 Å². The minimum atomic E-state index is -5.30. The molecule has 0 saturated heterocycles. The van der Waals surface area contributed by atoms with Gasteiger partial charge in [0.15, 0.2) is 0 Å². The lowest BCUT2D eigenvalue weighted by Crippen LogP contribution is -2.35. The van der Waals surface area contributed by atoms with Gasteiger partial charge in [0.25, 0.3) is 0 Å². The van der Waals surface area contributed by atoms with Crippen molar-refractivity contribution in [1.29, 1.82) is 0 Å². The molecule has 1 heterocycles. The maximum absolute atomic E-state index is 12.9. The smallest absolute Gasteiger partial charge is 0.316 e. The summed E-state index contributed by atoms with van der Waals surface area (Å²) < 4.78 is 76.1. The molecule has 1 aromatic carbocycles. The highest BCUT2D eigenvalue weighted by atomic mass is 127. The third-order valence-electron chi connectivity index (χ3n) is 2.49. The zero-order valence-corrected chi connectivity index (χ0v) is 11.6. The Hall–Kier alpha value is -1.53. The fraction of sp³-hybridized carbons (Fsp3) is 0.200. The van der Waals surface area contributed by atoms with Crippen molar-refractivity contribution >= 4 is 45.8 Å². The topological polar surface area (TPSA) is 60.3 Å². The number of halogens is 7. The van der Waals surface area contributed by atoms with Crippen molar-refractivity contribution in [3.05, 3.63) is 20.8 Å². The van der Waals surface area contributed by atoms with Gasteiger partial charge >= 0.3 is 24.2 Å². The quantitative estimate of drug-likeness (QED) is 0.397. The number of fused-ring (bicyclic) bond motifs is 1. The van der Waals surface area contributed by atoms with Crippen LogP contribution in [-0.4, -0.2) is 11.8 Å². The molecule has 1 aromatic rings. The summed E-state index contributed by atoms with van der Waals surface area (Å²) in [6, 6.07) is 0.119. The minimum absolute atomic E-state index is 0.119. The van der Waals surface area contributed by atoms with Gasteiger partial charge in [-0.05, 0) is 28.7 Å². The van der Waals surface area contributed by atoms with Crippen LogP contribution in [0.1, 0.15) is 11.1 Å². The van der Waals surface area contributed by atoms with Crippen molar-refractivity contribution in [2.75, 3.05) is 5.32 Å². The summed E-state index contributed by atoms with van der Waals surface area (Å²) in [7, 11) is 0. The normalized spacial score (nSPS) is 15.4. The number of benzene rings is 1. The summed E-state index contributed by atoms with van der Waals surface area (Å²) in [4.78, 5) is 22.1. The number of nitrogens with one attached hydrogen (secondary N) is 1. The maximum Gasteiger partial charge on any atom is 0.418 e. The van der Waals surface area contributed by atoms with Crippen LogP contribution in [0.4, 0.5) is 37.7 Å². The monoisotopic (exact) mass is 423 g/mol. The number of hydrogen-bond acceptors (Lipinski definition) is 2. The van der Waals surface area contributed by atoms with Crippen molar-refractivity contribution in [2.45, 2.75) is 12.4 Å². The molecule has 0 aromatic heterocycles. The molecule has 0 spiro atoms. The Bertz CT molecular complexity index is 652. The van der Waals surface area contributed by atoms with E-state index in [-0.39, 0.29) is 6.07 Å². The second kappa shape index (κ2) is 4.74. The Morgan fingerprint density at radius 1 is 1.05 bits per heavy atom. The van der Waals surface area contributed by atoms with E-state index < -0.39 is 50.2 Å². The number of nitrogens with zero attached hydrogens (tertiary/aromatic N) is 1. The number of alkyl halides is 6. The first kappa shape index (κ1) is 15.9. The molecular weight excluding hydrogens is 421 g/mol. The molecule has 1 N–H and O–H groups in total. The molecule has 1 radical (unpaired) electrons. The molecule has 0 fully saturated rings. The SMILES string of the molecule is O=C1[N]c2c(cc(C(F)(F)F)c(C(F)(F)F)c2I)NC1=O. The Labute approximate surface area is 126 Å². The minimum Gasteiger partial charge on any atom is -0.316 e. The van der Waals surface area contributed by atoms with Gasteiger partial charge < -0.3 is 5.32 Å². The van der Waals surface area contributed by atoms with E-state index in [0.717, 1.165) is 22.6 Å². The first-order chi connectivity index (χ1) is 9.43. The van der Waals surface area contributed by atoms with E-state index in [0.29, 0.717) is 0 Å². The zero-order valence-electron chi connectivity index (χ0n) is 9.49. The molecule has 0 saturated carbocycles. The number of hydrogen-bond donors (Lipinski definition) is 1. The molecule has 2 rings (SSSR count). The molecule has 2 amide bonds. The number of rotatable bonds is 0. The van der Waals surface area contributed by atoms with E-state index in [1.807, 2.05) is 0 Å². The molecule has 21 heavy (non-hydrogen) atoms. The average Bonchev–Trinajstić information content (AvgIpc) is 2.28. The third kappa shape index (κ3) is 2.78. The summed E-state index contributed by atoms with van der Waals surface area (Å²) in [5.74, 6) is -2.69. The molecule has 1 aliphatic heterocycles. The Morgan fingerprint density at radius 3 is 2.10 bits per heavy atom. The first-order valence-corrected chi connectivity index (χ1v) is 6.08. The lowest BCUT2D eigenvalue weighted by Gasteiger charge is -2.23. The van der Waals surface area contributed by atoms with Crippen molar-refractivity contribution in [3.8, 4) is 0 Å². The first-order valence-electron chi connectivity index (χ1n) is 5.01. The Balaban J connectivity index is 2.80. The fourth-order valence-corrected chi connectivity index (χ4v) is 2.68. The van der Waals surface area contributed by atoms with Gasteiger partial charge in [0.1, 0.15) is 5.69 Å². The van der Waals surface area contributed by atoms with Gasteiger partial charge in [-0.25, -0.2) is 5.32 Å². The Kier molecular flexibility index (Phi) is 3.58. The van der Waals surface area contributed by atoms with Crippen LogP contribution in [-0.2, 0) is 21.9 Å². The van der Waals surface area contributed by atoms with E-state index >= 15 is 0 Å². The van der Waals surface area contributed by atoms with Gasteiger partial charge in [0.05, 0.1) is 20.4 Å². The van der Waals surface area contributed by atoms with E-state index in [1.165, 1.54) is 0 Å². The zero-order chi connectivity index (χ0) is 16.2. The van der Waals surface area contributed by atoms with Crippen LogP contribution in [0.3, 0.4) is 0 Å². The number of anilines is 1. The van der Waals surface area contributed by atoms with Crippen LogP contribution in [0.25, 0.3) is 0 Å². The van der Waals surface area contributed by atoms with Crippen LogP contribution < -0.4 is 10.6 Å². The van der Waals surface area contributed by atoms with Crippen LogP contribution in [0, 0.1) is 3.57 Å². The summed E-state index contributed by atoms with van der Waals surface area (Å²) in [6.45, 7) is 0. The standard InChI is InChI=1S/C10H2F6IN2O2/c11-9(12,13)2-1-3-6(19-8(21)7(20)18-3)5(17)4(2)10(14,15)16/h1H,(H,18,20). The highest BCUT2D eigenvalue weighted by molar-refractivity contribution is 14.1. The molecule has 11 heteroatoms. The molecule has 4 nitrogen and oxygen atoms in total. The fourth-order valence-electron chi connectivity index (χ4n) is 1.67. The van der Waals surface area contributed by atoms with Crippen LogP contribution in [0.15, 0.2) is 6.07 Å². The van der Waals surface area contributed by atoms with Crippen molar-refractivity contribution in [1.82, 2.24) is 5.32 Å². The molecule has 0 bridgehead atoms. The lowest BCUT2D eigenvalue weighted by atomic mass is 10.0. The van der Waals surface area contributed by atoms with Crippen LogP contribution >= 0.6 is 22.6 Å². The summed E-state index contributed by atoms with van der Waals surface area (Å²) in [5, 5.41) is 4.89. The van der Waals surface area contributed by atoms with Crippen molar-refractivity contribution in [3.63, 3.8) is 0 Å². The molecular formula is C10H2F6IN2O2. The van der Waals surface area contributed by atoms with Crippen LogP contribution in [0.2, 0.25) is 0 Å². The summed E-state index contributed by atoms with van der Waals surface area (Å²) in [6.07, 6.45) is -10.6. The van der Waals surface area contributed by atoms with E-state index in [9.17, 15) is 35.9 Å². The van der Waals surface area contributed by atoms with Gasteiger partial charge in [-0.1, -0.05) is 0 Å². The summed E-state index contributed by atoms with van der Waals surface area (Å²) in [5.41, 5.74) is -5.13. The number of carbonyl (C=O) groups excluding carboxylic acids is 2. The second-order valence-electron chi connectivity index (χ2n) is 3.88. The van der Waals surface area contributed by atoms with Crippen molar-refractivity contribution < 1.29 is 35.9 Å². The lowest BCUT2D eigenvalue weighted by molar-refractivity contribution is -0.162. The van der Waals surface area contributed by atoms with Gasteiger partial charge in [-0.3, -0.25) is 9.59 Å². The highest BCUT2D eigenvalue weighted by Gasteiger charge is 2.47. The van der Waals surface area contributed by atoms with E-state index in [2.05, 4.69) is 5.32 Å².